The first-order valence-electron chi connectivity index (χ1n) is 7.90. The van der Waals surface area contributed by atoms with Gasteiger partial charge in [0.15, 0.2) is 0 Å². The second kappa shape index (κ2) is 6.40. The third-order valence-electron chi connectivity index (χ3n) is 4.26. The average molecular weight is 352 g/mol. The predicted molar refractivity (Wildman–Crippen MR) is 90.5 cm³/mol. The van der Waals surface area contributed by atoms with E-state index in [4.69, 9.17) is 0 Å². The maximum atomic E-state index is 12.7. The number of rotatable bonds is 3. The maximum Gasteiger partial charge on any atom is 0.323 e. The molecule has 0 radical (unpaired) electrons. The monoisotopic (exact) mass is 352 g/mol. The zero-order chi connectivity index (χ0) is 17.3. The summed E-state index contributed by atoms with van der Waals surface area (Å²) in [6, 6.07) is 4.99. The highest BCUT2D eigenvalue weighted by atomic mass is 32.2. The van der Waals surface area contributed by atoms with Crippen molar-refractivity contribution in [3.8, 4) is 0 Å². The van der Waals surface area contributed by atoms with Gasteiger partial charge in [0.25, 0.3) is 5.91 Å². The number of H-pyrrole nitrogens is 2. The van der Waals surface area contributed by atoms with Crippen molar-refractivity contribution in [2.75, 3.05) is 31.9 Å². The zero-order valence-electron chi connectivity index (χ0n) is 13.4. The van der Waals surface area contributed by atoms with Gasteiger partial charge in [0, 0.05) is 31.7 Å². The molecule has 0 unspecified atom stereocenters. The van der Waals surface area contributed by atoms with E-state index in [9.17, 15) is 18.0 Å². The van der Waals surface area contributed by atoms with Gasteiger partial charge in [-0.2, -0.15) is 0 Å². The summed E-state index contributed by atoms with van der Waals surface area (Å²) in [4.78, 5) is 30.9. The van der Waals surface area contributed by atoms with E-state index in [2.05, 4.69) is 9.97 Å². The SMILES string of the molecule is CCS(=O)(=O)N1CCCN(C(=O)c2ccc3[nH]c(=O)[nH]c3c2)CC1. The first-order valence-corrected chi connectivity index (χ1v) is 9.51. The topological polar surface area (TPSA) is 106 Å². The summed E-state index contributed by atoms with van der Waals surface area (Å²) >= 11 is 0. The van der Waals surface area contributed by atoms with Crippen molar-refractivity contribution >= 4 is 27.0 Å². The Kier molecular flexibility index (Phi) is 4.46. The molecule has 0 saturated carbocycles. The van der Waals surface area contributed by atoms with Crippen LogP contribution < -0.4 is 5.69 Å². The number of nitrogens with one attached hydrogen (secondary N) is 2. The van der Waals surface area contributed by atoms with E-state index in [0.29, 0.717) is 49.2 Å². The van der Waals surface area contributed by atoms with Crippen LogP contribution in [-0.4, -0.2) is 65.4 Å². The zero-order valence-corrected chi connectivity index (χ0v) is 14.2. The van der Waals surface area contributed by atoms with E-state index >= 15 is 0 Å². The molecule has 24 heavy (non-hydrogen) atoms. The lowest BCUT2D eigenvalue weighted by atomic mass is 10.1. The molecule has 1 aromatic heterocycles. The first kappa shape index (κ1) is 16.7. The number of nitrogens with zero attached hydrogens (tertiary/aromatic N) is 2. The Bertz CT molecular complexity index is 915. The number of amides is 1. The van der Waals surface area contributed by atoms with Gasteiger partial charge in [0.1, 0.15) is 0 Å². The van der Waals surface area contributed by atoms with E-state index in [-0.39, 0.29) is 17.3 Å². The number of hydrogen-bond donors (Lipinski definition) is 2. The molecule has 0 atom stereocenters. The molecule has 130 valence electrons. The molecule has 0 bridgehead atoms. The van der Waals surface area contributed by atoms with Crippen molar-refractivity contribution in [3.05, 3.63) is 34.2 Å². The fraction of sp³-hybridized carbons (Fsp3) is 0.467. The van der Waals surface area contributed by atoms with Crippen LogP contribution in [0.3, 0.4) is 0 Å². The van der Waals surface area contributed by atoms with Crippen LogP contribution in [0.2, 0.25) is 0 Å². The minimum absolute atomic E-state index is 0.0679. The summed E-state index contributed by atoms with van der Waals surface area (Å²) in [5.41, 5.74) is 1.39. The quantitative estimate of drug-likeness (QED) is 0.831. The van der Waals surface area contributed by atoms with Gasteiger partial charge in [-0.05, 0) is 31.5 Å². The van der Waals surface area contributed by atoms with Crippen LogP contribution in [0.15, 0.2) is 23.0 Å². The molecule has 2 N–H and O–H groups in total. The van der Waals surface area contributed by atoms with Gasteiger partial charge in [0.05, 0.1) is 16.8 Å². The molecule has 1 saturated heterocycles. The molecule has 3 rings (SSSR count). The molecular formula is C15H20N4O4S. The van der Waals surface area contributed by atoms with E-state index in [1.165, 1.54) is 4.31 Å². The lowest BCUT2D eigenvalue weighted by molar-refractivity contribution is 0.0764. The van der Waals surface area contributed by atoms with Crippen molar-refractivity contribution in [2.45, 2.75) is 13.3 Å². The second-order valence-electron chi connectivity index (χ2n) is 5.78. The third-order valence-corrected chi connectivity index (χ3v) is 6.14. The highest BCUT2D eigenvalue weighted by molar-refractivity contribution is 7.89. The number of benzene rings is 1. The van der Waals surface area contributed by atoms with Crippen LogP contribution in [0.5, 0.6) is 0 Å². The number of sulfonamides is 1. The van der Waals surface area contributed by atoms with E-state index in [0.717, 1.165) is 0 Å². The lowest BCUT2D eigenvalue weighted by Gasteiger charge is -2.21. The van der Waals surface area contributed by atoms with Crippen molar-refractivity contribution in [1.82, 2.24) is 19.2 Å². The first-order chi connectivity index (χ1) is 11.4. The molecular weight excluding hydrogens is 332 g/mol. The second-order valence-corrected chi connectivity index (χ2v) is 8.04. The minimum Gasteiger partial charge on any atom is -0.337 e. The predicted octanol–water partition coefficient (Wildman–Crippen LogP) is 0.354. The molecule has 8 nitrogen and oxygen atoms in total. The van der Waals surface area contributed by atoms with Crippen molar-refractivity contribution in [2.24, 2.45) is 0 Å². The summed E-state index contributed by atoms with van der Waals surface area (Å²) < 4.78 is 25.4. The van der Waals surface area contributed by atoms with Gasteiger partial charge in [-0.1, -0.05) is 0 Å². The van der Waals surface area contributed by atoms with Crippen LogP contribution in [0, 0.1) is 0 Å². The van der Waals surface area contributed by atoms with E-state index in [1.807, 2.05) is 0 Å². The molecule has 9 heteroatoms. The number of aromatic nitrogens is 2. The van der Waals surface area contributed by atoms with Crippen LogP contribution >= 0.6 is 0 Å². The van der Waals surface area contributed by atoms with Gasteiger partial charge in [-0.3, -0.25) is 4.79 Å². The summed E-state index contributed by atoms with van der Waals surface area (Å²) in [6.45, 7) is 3.24. The van der Waals surface area contributed by atoms with Crippen molar-refractivity contribution in [1.29, 1.82) is 0 Å². The normalized spacial score (nSPS) is 17.1. The Balaban J connectivity index is 1.78. The average Bonchev–Trinajstić information content (AvgIpc) is 2.77. The molecule has 1 aliphatic rings. The summed E-state index contributed by atoms with van der Waals surface area (Å²) in [6.07, 6.45) is 0.605. The van der Waals surface area contributed by atoms with Gasteiger partial charge in [-0.25, -0.2) is 17.5 Å². The molecule has 2 heterocycles. The number of fused-ring (bicyclic) bond motifs is 1. The molecule has 2 aromatic rings. The van der Waals surface area contributed by atoms with E-state index in [1.54, 1.807) is 30.0 Å². The van der Waals surface area contributed by atoms with Gasteiger partial charge >= 0.3 is 5.69 Å². The summed E-state index contributed by atoms with van der Waals surface area (Å²) in [5.74, 6) is -0.0898. The fourth-order valence-electron chi connectivity index (χ4n) is 2.91. The van der Waals surface area contributed by atoms with Gasteiger partial charge < -0.3 is 14.9 Å². The lowest BCUT2D eigenvalue weighted by Crippen LogP contribution is -2.37. The Hall–Kier alpha value is -2.13. The largest absolute Gasteiger partial charge is 0.337 e. The van der Waals surface area contributed by atoms with Crippen LogP contribution in [0.1, 0.15) is 23.7 Å². The number of imidazole rings is 1. The molecule has 1 aliphatic heterocycles. The Morgan fingerprint density at radius 3 is 2.62 bits per heavy atom. The van der Waals surface area contributed by atoms with Crippen molar-refractivity contribution < 1.29 is 13.2 Å². The Labute approximate surface area is 139 Å². The van der Waals surface area contributed by atoms with Gasteiger partial charge in [-0.15, -0.1) is 0 Å². The number of carbonyl (C=O) groups excluding carboxylic acids is 1. The molecule has 0 spiro atoms. The fourth-order valence-corrected chi connectivity index (χ4v) is 4.04. The highest BCUT2D eigenvalue weighted by Gasteiger charge is 2.26. The third kappa shape index (κ3) is 3.22. The Morgan fingerprint density at radius 2 is 1.88 bits per heavy atom. The standard InChI is InChI=1S/C15H20N4O4S/c1-2-24(22,23)19-7-3-6-18(8-9-19)14(20)11-4-5-12-13(10-11)17-15(21)16-12/h4-5,10H,2-3,6-9H2,1H3,(H2,16,17,21). The summed E-state index contributed by atoms with van der Waals surface area (Å²) in [7, 11) is -3.23. The molecule has 1 fully saturated rings. The van der Waals surface area contributed by atoms with Crippen LogP contribution in [0.25, 0.3) is 11.0 Å². The highest BCUT2D eigenvalue weighted by Crippen LogP contribution is 2.15. The summed E-state index contributed by atoms with van der Waals surface area (Å²) in [5, 5.41) is 0. The van der Waals surface area contributed by atoms with Crippen molar-refractivity contribution in [3.63, 3.8) is 0 Å². The van der Waals surface area contributed by atoms with Gasteiger partial charge in [0.2, 0.25) is 10.0 Å². The maximum absolute atomic E-state index is 12.7. The Morgan fingerprint density at radius 1 is 1.12 bits per heavy atom. The number of hydrogen-bond acceptors (Lipinski definition) is 4. The smallest absolute Gasteiger partial charge is 0.323 e. The molecule has 1 aromatic carbocycles. The van der Waals surface area contributed by atoms with Crippen LogP contribution in [-0.2, 0) is 10.0 Å². The number of carbonyl (C=O) groups is 1. The van der Waals surface area contributed by atoms with E-state index < -0.39 is 10.0 Å². The van der Waals surface area contributed by atoms with Crippen LogP contribution in [0.4, 0.5) is 0 Å². The molecule has 1 amide bonds. The number of aromatic amines is 2. The minimum atomic E-state index is -3.23. The molecule has 0 aliphatic carbocycles.